The van der Waals surface area contributed by atoms with Gasteiger partial charge in [-0.2, -0.15) is 0 Å². The van der Waals surface area contributed by atoms with Gasteiger partial charge in [0.15, 0.2) is 5.78 Å². The quantitative estimate of drug-likeness (QED) is 0.631. The van der Waals surface area contributed by atoms with Crippen LogP contribution in [0.3, 0.4) is 0 Å². The van der Waals surface area contributed by atoms with Crippen LogP contribution in [0.2, 0.25) is 0 Å². The summed E-state index contributed by atoms with van der Waals surface area (Å²) in [5.41, 5.74) is 2.20. The number of halogens is 1. The minimum atomic E-state index is 0.112. The summed E-state index contributed by atoms with van der Waals surface area (Å²) in [5, 5.41) is 0. The molecule has 0 radical (unpaired) electrons. The molecule has 0 spiro atoms. The lowest BCUT2D eigenvalue weighted by Gasteiger charge is -2.11. The molecule has 2 nitrogen and oxygen atoms in total. The van der Waals surface area contributed by atoms with E-state index in [4.69, 9.17) is 11.6 Å². The second-order valence-electron chi connectivity index (χ2n) is 2.93. The van der Waals surface area contributed by atoms with Crippen molar-refractivity contribution in [3.8, 4) is 0 Å². The Morgan fingerprint density at radius 3 is 2.92 bits per heavy atom. The number of carbonyl (C=O) groups excluding carboxylic acids is 1. The SMILES string of the molecule is O=C1CC(CCl)=Nc2ccccc21. The Balaban J connectivity index is 2.53. The average Bonchev–Trinajstić information content (AvgIpc) is 2.18. The van der Waals surface area contributed by atoms with E-state index in [1.807, 2.05) is 18.2 Å². The smallest absolute Gasteiger partial charge is 0.170 e. The number of Topliss-reactive ketones (excluding diaryl/α,β-unsaturated/α-hetero) is 1. The molecule has 1 aromatic carbocycles. The minimum absolute atomic E-state index is 0.112. The topological polar surface area (TPSA) is 29.4 Å². The minimum Gasteiger partial charge on any atom is -0.294 e. The highest BCUT2D eigenvalue weighted by Crippen LogP contribution is 2.25. The van der Waals surface area contributed by atoms with Gasteiger partial charge in [0.05, 0.1) is 18.0 Å². The Labute approximate surface area is 81.2 Å². The third kappa shape index (κ3) is 1.49. The van der Waals surface area contributed by atoms with Crippen molar-refractivity contribution in [2.24, 2.45) is 4.99 Å². The first-order valence-electron chi connectivity index (χ1n) is 4.06. The summed E-state index contributed by atoms with van der Waals surface area (Å²) in [6.45, 7) is 0. The Kier molecular flexibility index (Phi) is 2.15. The fourth-order valence-electron chi connectivity index (χ4n) is 1.37. The Morgan fingerprint density at radius 2 is 2.15 bits per heavy atom. The summed E-state index contributed by atoms with van der Waals surface area (Å²) < 4.78 is 0. The number of rotatable bonds is 1. The highest BCUT2D eigenvalue weighted by molar-refractivity contribution is 6.32. The maximum absolute atomic E-state index is 11.5. The molecule has 0 atom stereocenters. The van der Waals surface area contributed by atoms with E-state index >= 15 is 0 Å². The van der Waals surface area contributed by atoms with E-state index in [1.165, 1.54) is 0 Å². The zero-order valence-corrected chi connectivity index (χ0v) is 7.71. The molecule has 0 bridgehead atoms. The summed E-state index contributed by atoms with van der Waals surface area (Å²) in [7, 11) is 0. The van der Waals surface area contributed by atoms with Gasteiger partial charge in [0, 0.05) is 11.3 Å². The molecule has 3 heteroatoms. The van der Waals surface area contributed by atoms with Crippen molar-refractivity contribution >= 4 is 28.8 Å². The van der Waals surface area contributed by atoms with Crippen molar-refractivity contribution in [2.45, 2.75) is 6.42 Å². The number of hydrogen-bond donors (Lipinski definition) is 0. The Hall–Kier alpha value is -1.15. The summed E-state index contributed by atoms with van der Waals surface area (Å²) in [6.07, 6.45) is 0.362. The number of para-hydroxylation sites is 1. The molecule has 1 aliphatic heterocycles. The number of aliphatic imine (C=N–C) groups is 1. The number of carbonyl (C=O) groups is 1. The molecule has 2 rings (SSSR count). The van der Waals surface area contributed by atoms with Gasteiger partial charge in [-0.25, -0.2) is 0 Å². The molecule has 66 valence electrons. The van der Waals surface area contributed by atoms with Gasteiger partial charge in [-0.1, -0.05) is 12.1 Å². The van der Waals surface area contributed by atoms with Crippen molar-refractivity contribution in [3.63, 3.8) is 0 Å². The van der Waals surface area contributed by atoms with E-state index in [-0.39, 0.29) is 5.78 Å². The molecule has 0 aromatic heterocycles. The molecule has 1 aromatic rings. The molecule has 0 aliphatic carbocycles. The van der Waals surface area contributed by atoms with Crippen molar-refractivity contribution in [3.05, 3.63) is 29.8 Å². The van der Waals surface area contributed by atoms with E-state index in [9.17, 15) is 4.79 Å². The first-order chi connectivity index (χ1) is 6.31. The molecule has 1 heterocycles. The third-order valence-corrected chi connectivity index (χ3v) is 2.31. The van der Waals surface area contributed by atoms with Crippen molar-refractivity contribution in [1.82, 2.24) is 0 Å². The van der Waals surface area contributed by atoms with Gasteiger partial charge in [-0.3, -0.25) is 9.79 Å². The maximum atomic E-state index is 11.5. The number of benzene rings is 1. The lowest BCUT2D eigenvalue weighted by Crippen LogP contribution is -2.14. The van der Waals surface area contributed by atoms with Crippen LogP contribution in [0.4, 0.5) is 5.69 Å². The molecule has 0 fully saturated rings. The van der Waals surface area contributed by atoms with Crippen molar-refractivity contribution < 1.29 is 4.79 Å². The monoisotopic (exact) mass is 193 g/mol. The predicted molar refractivity (Wildman–Crippen MR) is 53.2 cm³/mol. The van der Waals surface area contributed by atoms with Crippen LogP contribution in [0.1, 0.15) is 16.8 Å². The van der Waals surface area contributed by atoms with Gasteiger partial charge in [0.1, 0.15) is 0 Å². The molecular formula is C10H8ClNO. The van der Waals surface area contributed by atoms with Crippen LogP contribution >= 0.6 is 11.6 Å². The van der Waals surface area contributed by atoms with Crippen LogP contribution in [-0.4, -0.2) is 17.4 Å². The zero-order valence-electron chi connectivity index (χ0n) is 6.96. The van der Waals surface area contributed by atoms with Gasteiger partial charge in [-0.15, -0.1) is 11.6 Å². The van der Waals surface area contributed by atoms with E-state index in [2.05, 4.69) is 4.99 Å². The van der Waals surface area contributed by atoms with E-state index in [0.29, 0.717) is 17.9 Å². The number of fused-ring (bicyclic) bond motifs is 1. The summed E-state index contributed by atoms with van der Waals surface area (Å²) in [5.74, 6) is 0.446. The highest BCUT2D eigenvalue weighted by Gasteiger charge is 2.18. The number of nitrogens with zero attached hydrogens (tertiary/aromatic N) is 1. The van der Waals surface area contributed by atoms with Gasteiger partial charge in [0.25, 0.3) is 0 Å². The van der Waals surface area contributed by atoms with Gasteiger partial charge in [0.2, 0.25) is 0 Å². The summed E-state index contributed by atoms with van der Waals surface area (Å²) in [4.78, 5) is 15.8. The molecule has 0 N–H and O–H groups in total. The molecule has 0 unspecified atom stereocenters. The second-order valence-corrected chi connectivity index (χ2v) is 3.20. The average molecular weight is 194 g/mol. The lowest BCUT2D eigenvalue weighted by atomic mass is 10.0. The standard InChI is InChI=1S/C10H8ClNO/c11-6-7-5-10(13)8-3-1-2-4-9(8)12-7/h1-4H,5-6H2. The molecule has 0 amide bonds. The van der Waals surface area contributed by atoms with Crippen molar-refractivity contribution in [1.29, 1.82) is 0 Å². The Bertz CT molecular complexity index is 384. The van der Waals surface area contributed by atoms with Crippen LogP contribution in [0.5, 0.6) is 0 Å². The second kappa shape index (κ2) is 3.30. The van der Waals surface area contributed by atoms with E-state index < -0.39 is 0 Å². The fraction of sp³-hybridized carbons (Fsp3) is 0.200. The van der Waals surface area contributed by atoms with Crippen LogP contribution < -0.4 is 0 Å². The molecule has 0 saturated heterocycles. The maximum Gasteiger partial charge on any atom is 0.170 e. The number of hydrogen-bond acceptors (Lipinski definition) is 2. The lowest BCUT2D eigenvalue weighted by molar-refractivity contribution is 0.0999. The van der Waals surface area contributed by atoms with Crippen LogP contribution in [0.25, 0.3) is 0 Å². The molecular weight excluding hydrogens is 186 g/mol. The van der Waals surface area contributed by atoms with Crippen LogP contribution in [0.15, 0.2) is 29.3 Å². The highest BCUT2D eigenvalue weighted by atomic mass is 35.5. The summed E-state index contributed by atoms with van der Waals surface area (Å²) in [6, 6.07) is 7.34. The predicted octanol–water partition coefficient (Wildman–Crippen LogP) is 2.58. The normalized spacial score (nSPS) is 15.2. The fourth-order valence-corrected chi connectivity index (χ4v) is 1.53. The molecule has 1 aliphatic rings. The molecule has 13 heavy (non-hydrogen) atoms. The number of alkyl halides is 1. The zero-order chi connectivity index (χ0) is 9.26. The summed E-state index contributed by atoms with van der Waals surface area (Å²) >= 11 is 5.63. The van der Waals surface area contributed by atoms with Crippen LogP contribution in [-0.2, 0) is 0 Å². The van der Waals surface area contributed by atoms with Crippen LogP contribution in [0, 0.1) is 0 Å². The van der Waals surface area contributed by atoms with Gasteiger partial charge < -0.3 is 0 Å². The molecule has 0 saturated carbocycles. The van der Waals surface area contributed by atoms with Gasteiger partial charge in [-0.05, 0) is 12.1 Å². The first kappa shape index (κ1) is 8.45. The van der Waals surface area contributed by atoms with E-state index in [1.54, 1.807) is 6.07 Å². The third-order valence-electron chi connectivity index (χ3n) is 2.00. The first-order valence-corrected chi connectivity index (χ1v) is 4.59. The largest absolute Gasteiger partial charge is 0.294 e. The van der Waals surface area contributed by atoms with Gasteiger partial charge >= 0.3 is 0 Å². The van der Waals surface area contributed by atoms with Crippen molar-refractivity contribution in [2.75, 3.05) is 5.88 Å². The number of ketones is 1. The Morgan fingerprint density at radius 1 is 1.38 bits per heavy atom. The van der Waals surface area contributed by atoms with E-state index in [0.717, 1.165) is 11.4 Å².